The Kier molecular flexibility index (Phi) is 5.80. The smallest absolute Gasteiger partial charge is 0.246 e. The second-order valence-corrected chi connectivity index (χ2v) is 8.05. The van der Waals surface area contributed by atoms with Gasteiger partial charge in [-0.25, -0.2) is 4.98 Å². The molecule has 2 amide bonds. The fourth-order valence-electron chi connectivity index (χ4n) is 4.02. The van der Waals surface area contributed by atoms with Gasteiger partial charge in [-0.3, -0.25) is 9.59 Å². The molecule has 2 aliphatic heterocycles. The van der Waals surface area contributed by atoms with Crippen molar-refractivity contribution in [2.45, 2.75) is 12.8 Å². The number of nitrogens with one attached hydrogen (secondary N) is 1. The first-order chi connectivity index (χ1) is 16.2. The summed E-state index contributed by atoms with van der Waals surface area (Å²) >= 11 is 0. The molecule has 0 atom stereocenters. The molecular formula is C25H24N4O4. The van der Waals surface area contributed by atoms with E-state index in [1.807, 2.05) is 41.1 Å². The molecule has 3 aromatic rings. The summed E-state index contributed by atoms with van der Waals surface area (Å²) in [6.07, 6.45) is 10.0. The standard InChI is InChI=1S/C25H24N4O4/c30-24(8-3-18-1-5-21(6-2-18)29-14-11-26-16-29)28-12-9-19(10-13-28)25(31)27-20-4-7-22-23(15-20)33-17-32-22/h1-8,11,14-16,19H,9-10,12-13,17H2,(H,27,31). The lowest BCUT2D eigenvalue weighted by atomic mass is 9.95. The predicted molar refractivity (Wildman–Crippen MR) is 123 cm³/mol. The number of nitrogens with zero attached hydrogens (tertiary/aromatic N) is 3. The van der Waals surface area contributed by atoms with Crippen LogP contribution in [0.25, 0.3) is 11.8 Å². The van der Waals surface area contributed by atoms with Crippen LogP contribution in [0.4, 0.5) is 5.69 Å². The van der Waals surface area contributed by atoms with Crippen LogP contribution in [-0.2, 0) is 9.59 Å². The summed E-state index contributed by atoms with van der Waals surface area (Å²) in [6, 6.07) is 13.3. The van der Waals surface area contributed by atoms with Crippen molar-refractivity contribution in [3.05, 3.63) is 72.8 Å². The van der Waals surface area contributed by atoms with E-state index >= 15 is 0 Å². The number of imidazole rings is 1. The maximum atomic E-state index is 12.7. The van der Waals surface area contributed by atoms with Gasteiger partial charge >= 0.3 is 0 Å². The van der Waals surface area contributed by atoms with E-state index in [9.17, 15) is 9.59 Å². The maximum absolute atomic E-state index is 12.7. The Morgan fingerprint density at radius 2 is 1.82 bits per heavy atom. The number of hydrogen-bond acceptors (Lipinski definition) is 5. The lowest BCUT2D eigenvalue weighted by Crippen LogP contribution is -2.40. The number of carbonyl (C=O) groups is 2. The molecule has 0 saturated carbocycles. The molecule has 168 valence electrons. The second kappa shape index (κ2) is 9.20. The van der Waals surface area contributed by atoms with Crippen molar-refractivity contribution in [1.82, 2.24) is 14.5 Å². The van der Waals surface area contributed by atoms with Gasteiger partial charge < -0.3 is 24.3 Å². The van der Waals surface area contributed by atoms with E-state index in [2.05, 4.69) is 10.3 Å². The third kappa shape index (κ3) is 4.74. The highest BCUT2D eigenvalue weighted by atomic mass is 16.7. The number of benzene rings is 2. The molecule has 33 heavy (non-hydrogen) atoms. The summed E-state index contributed by atoms with van der Waals surface area (Å²) in [5.41, 5.74) is 2.65. The SMILES string of the molecule is O=C(Nc1ccc2c(c1)OCO2)C1CCN(C(=O)C=Cc2ccc(-n3ccnc3)cc2)CC1. The van der Waals surface area contributed by atoms with Gasteiger partial charge in [-0.05, 0) is 48.7 Å². The lowest BCUT2D eigenvalue weighted by Gasteiger charge is -2.30. The molecule has 1 N–H and O–H groups in total. The average Bonchev–Trinajstić information content (AvgIpc) is 3.55. The monoisotopic (exact) mass is 444 g/mol. The van der Waals surface area contributed by atoms with Crippen molar-refractivity contribution in [1.29, 1.82) is 0 Å². The van der Waals surface area contributed by atoms with Crippen LogP contribution in [0.5, 0.6) is 11.5 Å². The van der Waals surface area contributed by atoms with E-state index in [0.29, 0.717) is 43.1 Å². The Labute approximate surface area is 191 Å². The van der Waals surface area contributed by atoms with Gasteiger partial charge in [-0.15, -0.1) is 0 Å². The van der Waals surface area contributed by atoms with E-state index in [-0.39, 0.29) is 24.5 Å². The van der Waals surface area contributed by atoms with Crippen LogP contribution in [0.2, 0.25) is 0 Å². The molecule has 0 radical (unpaired) electrons. The minimum absolute atomic E-state index is 0.0329. The van der Waals surface area contributed by atoms with Crippen LogP contribution in [-0.4, -0.2) is 46.1 Å². The molecule has 2 aromatic carbocycles. The minimum atomic E-state index is -0.126. The van der Waals surface area contributed by atoms with Gasteiger partial charge in [0.2, 0.25) is 18.6 Å². The third-order valence-electron chi connectivity index (χ3n) is 5.93. The molecule has 2 aliphatic rings. The van der Waals surface area contributed by atoms with Crippen molar-refractivity contribution in [2.75, 3.05) is 25.2 Å². The molecule has 5 rings (SSSR count). The first kappa shape index (κ1) is 20.8. The Morgan fingerprint density at radius 3 is 2.58 bits per heavy atom. The van der Waals surface area contributed by atoms with Gasteiger partial charge in [-0.2, -0.15) is 0 Å². The summed E-state index contributed by atoms with van der Waals surface area (Å²) < 4.78 is 12.6. The Balaban J connectivity index is 1.11. The summed E-state index contributed by atoms with van der Waals surface area (Å²) in [5.74, 6) is 1.12. The number of likely N-dealkylation sites (tertiary alicyclic amines) is 1. The number of ether oxygens (including phenoxy) is 2. The molecule has 0 aliphatic carbocycles. The number of fused-ring (bicyclic) bond motifs is 1. The van der Waals surface area contributed by atoms with Crippen molar-refractivity contribution < 1.29 is 19.1 Å². The fourth-order valence-corrected chi connectivity index (χ4v) is 4.02. The zero-order valence-electron chi connectivity index (χ0n) is 18.0. The van der Waals surface area contributed by atoms with Gasteiger partial charge in [0.15, 0.2) is 11.5 Å². The van der Waals surface area contributed by atoms with Gasteiger partial charge in [0.25, 0.3) is 0 Å². The van der Waals surface area contributed by atoms with Crippen LogP contribution < -0.4 is 14.8 Å². The highest BCUT2D eigenvalue weighted by Crippen LogP contribution is 2.34. The van der Waals surface area contributed by atoms with E-state index in [0.717, 1.165) is 11.3 Å². The van der Waals surface area contributed by atoms with Crippen LogP contribution in [0.15, 0.2) is 67.3 Å². The summed E-state index contributed by atoms with van der Waals surface area (Å²) in [5, 5.41) is 2.95. The van der Waals surface area contributed by atoms with Crippen LogP contribution in [0.1, 0.15) is 18.4 Å². The topological polar surface area (TPSA) is 85.7 Å². The number of carbonyl (C=O) groups excluding carboxylic acids is 2. The second-order valence-electron chi connectivity index (χ2n) is 8.05. The molecule has 3 heterocycles. The zero-order chi connectivity index (χ0) is 22.6. The number of anilines is 1. The van der Waals surface area contributed by atoms with Crippen molar-refractivity contribution in [2.24, 2.45) is 5.92 Å². The molecule has 1 aromatic heterocycles. The Hall–Kier alpha value is -4.07. The molecule has 0 spiro atoms. The Bertz CT molecular complexity index is 1160. The zero-order valence-corrected chi connectivity index (χ0v) is 18.0. The van der Waals surface area contributed by atoms with Gasteiger partial charge in [-0.1, -0.05) is 12.1 Å². The van der Waals surface area contributed by atoms with E-state index in [4.69, 9.17) is 9.47 Å². The molecule has 0 bridgehead atoms. The largest absolute Gasteiger partial charge is 0.454 e. The number of amides is 2. The molecular weight excluding hydrogens is 420 g/mol. The predicted octanol–water partition coefficient (Wildman–Crippen LogP) is 3.49. The Morgan fingerprint density at radius 1 is 1.03 bits per heavy atom. The van der Waals surface area contributed by atoms with Crippen molar-refractivity contribution >= 4 is 23.6 Å². The van der Waals surface area contributed by atoms with E-state index in [1.54, 1.807) is 41.7 Å². The molecule has 0 unspecified atom stereocenters. The van der Waals surface area contributed by atoms with E-state index < -0.39 is 0 Å². The van der Waals surface area contributed by atoms with Gasteiger partial charge in [0.05, 0.1) is 6.33 Å². The normalized spacial score (nSPS) is 15.7. The first-order valence-electron chi connectivity index (χ1n) is 10.9. The number of aromatic nitrogens is 2. The number of rotatable bonds is 5. The molecule has 8 heteroatoms. The fraction of sp³-hybridized carbons (Fsp3) is 0.240. The average molecular weight is 444 g/mol. The minimum Gasteiger partial charge on any atom is -0.454 e. The van der Waals surface area contributed by atoms with E-state index in [1.165, 1.54) is 0 Å². The highest BCUT2D eigenvalue weighted by Gasteiger charge is 2.27. The lowest BCUT2D eigenvalue weighted by molar-refractivity contribution is -0.130. The molecule has 8 nitrogen and oxygen atoms in total. The summed E-state index contributed by atoms with van der Waals surface area (Å²) in [7, 11) is 0. The van der Waals surface area contributed by atoms with Crippen molar-refractivity contribution in [3.8, 4) is 17.2 Å². The summed E-state index contributed by atoms with van der Waals surface area (Å²) in [6.45, 7) is 1.31. The van der Waals surface area contributed by atoms with Crippen LogP contribution in [0, 0.1) is 5.92 Å². The molecule has 1 saturated heterocycles. The first-order valence-corrected chi connectivity index (χ1v) is 10.9. The number of hydrogen-bond donors (Lipinski definition) is 1. The summed E-state index contributed by atoms with van der Waals surface area (Å²) in [4.78, 5) is 31.1. The third-order valence-corrected chi connectivity index (χ3v) is 5.93. The van der Waals surface area contributed by atoms with Crippen LogP contribution >= 0.6 is 0 Å². The maximum Gasteiger partial charge on any atom is 0.246 e. The highest BCUT2D eigenvalue weighted by molar-refractivity contribution is 5.94. The van der Waals surface area contributed by atoms with Crippen LogP contribution in [0.3, 0.4) is 0 Å². The van der Waals surface area contributed by atoms with Crippen molar-refractivity contribution in [3.63, 3.8) is 0 Å². The molecule has 1 fully saturated rings. The van der Waals surface area contributed by atoms with Gasteiger partial charge in [0, 0.05) is 54.9 Å². The van der Waals surface area contributed by atoms with Gasteiger partial charge in [0.1, 0.15) is 0 Å². The number of piperidine rings is 1. The quantitative estimate of drug-likeness (QED) is 0.609.